The van der Waals surface area contributed by atoms with Crippen molar-refractivity contribution in [2.45, 2.75) is 128 Å². The molecule has 5 aromatic heterocycles. The van der Waals surface area contributed by atoms with E-state index in [1.807, 2.05) is 151 Å². The summed E-state index contributed by atoms with van der Waals surface area (Å²) in [7, 11) is 11.0. The van der Waals surface area contributed by atoms with E-state index in [2.05, 4.69) is 233 Å². The molecule has 12 N–H and O–H groups in total. The summed E-state index contributed by atoms with van der Waals surface area (Å²) in [6, 6.07) is 51.4. The number of anilines is 1. The number of methoxy groups -OCH3 is 4. The van der Waals surface area contributed by atoms with Crippen molar-refractivity contribution < 1.29 is 120 Å². The predicted octanol–water partition coefficient (Wildman–Crippen LogP) is 25.1. The summed E-state index contributed by atoms with van der Waals surface area (Å²) in [5.41, 5.74) is 21.4. The van der Waals surface area contributed by atoms with Crippen LogP contribution in [0.1, 0.15) is 150 Å². The first kappa shape index (κ1) is 143. The van der Waals surface area contributed by atoms with Gasteiger partial charge in [-0.3, -0.25) is 33.8 Å². The number of nitrogens with zero attached hydrogens (tertiary/aromatic N) is 6. The normalized spacial score (nSPS) is 10.3. The number of ether oxygens (including phenoxy) is 5. The van der Waals surface area contributed by atoms with Crippen molar-refractivity contribution >= 4 is 272 Å². The van der Waals surface area contributed by atoms with E-state index in [0.29, 0.717) is 73.8 Å². The molecule has 1 atom stereocenters. The summed E-state index contributed by atoms with van der Waals surface area (Å²) in [6.07, 6.45) is 1.43. The van der Waals surface area contributed by atoms with Gasteiger partial charge < -0.3 is 88.7 Å². The van der Waals surface area contributed by atoms with Crippen molar-refractivity contribution in [1.82, 2.24) is 31.1 Å². The number of halogens is 13. The van der Waals surface area contributed by atoms with Crippen LogP contribution in [0.3, 0.4) is 0 Å². The van der Waals surface area contributed by atoms with Crippen LogP contribution in [-0.4, -0.2) is 178 Å². The summed E-state index contributed by atoms with van der Waals surface area (Å²) in [5.74, 6) is 1.51. The van der Waals surface area contributed by atoms with E-state index in [-0.39, 0.29) is 84.0 Å². The number of nitrogens with two attached hydrogens (primary N) is 3. The number of hydrogen-bond donors (Lipinski definition) is 9. The summed E-state index contributed by atoms with van der Waals surface area (Å²) < 4.78 is 55.9. The maximum absolute atomic E-state index is 12.3. The SMILES string of the molecule is CC(C)(C)O.CN.CN=C(C)C(C(=O)OC)C(=O)c1ccc(Br)cc1.CNC(C)=CC(=O)OC.CO.COC(=O)CC(C)=O.COC(=O)c1c(C)noc1-c1ccc(Br)cc1.Cc1noc(-c2ccc(Br)cc2)c1C(=O)O.Cc1noc(-c2ccc(Br)cc2)c1CC(=O)OC(C)(C)C.Cc1noc(-c2ccc(Br)cc2)c1CO.Cc1noc(-c2ccc(Br)cc2)c1N.Cl.Cl.NO.O=C(Cl)c1ccc(Br)cc1.[I][V]([I])[I]. The third-order valence-corrected chi connectivity index (χ3v) is 20.8. The maximum atomic E-state index is 12.3. The molecular weight excluding hydrogens is 2790 g/mol. The second kappa shape index (κ2) is 77.5. The molecule has 12 rings (SSSR count). The number of hydrogen-bond acceptors (Lipinski definition) is 33. The quantitative estimate of drug-likeness (QED) is 0.00418. The molecule has 48 heteroatoms. The number of rotatable bonds is 19. The number of allylic oxidation sites excluding steroid dienone is 1. The number of aromatic nitrogens is 5. The van der Waals surface area contributed by atoms with Gasteiger partial charge in [-0.15, -0.1) is 24.8 Å². The number of esters is 5. The number of ketones is 2. The number of Topliss-reactive ketones (excluding diaryl/α,β-unsaturated/α-hetero) is 2. The summed E-state index contributed by atoms with van der Waals surface area (Å²) in [6.45, 7) is 24.3. The van der Waals surface area contributed by atoms with Gasteiger partial charge in [0.1, 0.15) is 40.3 Å². The van der Waals surface area contributed by atoms with Gasteiger partial charge in [0.15, 0.2) is 40.5 Å². The molecule has 12 aromatic rings. The van der Waals surface area contributed by atoms with Crippen LogP contribution in [-0.2, 0) is 65.6 Å². The van der Waals surface area contributed by atoms with Gasteiger partial charge in [0.25, 0.3) is 5.24 Å². The van der Waals surface area contributed by atoms with E-state index in [1.165, 1.54) is 48.5 Å². The van der Waals surface area contributed by atoms with Crippen molar-refractivity contribution in [1.29, 1.82) is 0 Å². The number of carboxylic acids is 1. The number of aromatic carboxylic acids is 1. The predicted molar refractivity (Wildman–Crippen MR) is 612 cm³/mol. The fourth-order valence-electron chi connectivity index (χ4n) is 10.1. The van der Waals surface area contributed by atoms with E-state index in [4.69, 9.17) is 70.0 Å². The Balaban J connectivity index is -0.000000764. The van der Waals surface area contributed by atoms with E-state index in [9.17, 15) is 48.3 Å². The fraction of sp³-hybridized carbons (Fsp3) is 0.289. The van der Waals surface area contributed by atoms with E-state index in [1.54, 1.807) is 123 Å². The average Bonchev–Trinajstić information content (AvgIpc) is 1.66. The number of benzene rings is 7. The number of aryl methyl sites for hydroxylation is 5. The van der Waals surface area contributed by atoms with Crippen LogP contribution in [0, 0.1) is 40.5 Å². The Labute approximate surface area is 956 Å². The Hall–Kier alpha value is -7.81. The topological polar surface area (TPSA) is 534 Å². The van der Waals surface area contributed by atoms with Gasteiger partial charge in [0.2, 0.25) is 0 Å². The molecule has 0 saturated heterocycles. The molecule has 0 spiro atoms. The second-order valence-corrected chi connectivity index (χ2v) is 71.9. The number of nitrogens with one attached hydrogen (secondary N) is 1. The molecule has 5 heterocycles. The van der Waals surface area contributed by atoms with Crippen molar-refractivity contribution in [2.24, 2.45) is 22.5 Å². The number of carboxylic acid groups (broad SMARTS) is 1. The summed E-state index contributed by atoms with van der Waals surface area (Å²) in [5, 5.41) is 61.7. The molecule has 0 aliphatic rings. The molecular formula is C97H116Br7Cl3I3N10O24V. The summed E-state index contributed by atoms with van der Waals surface area (Å²) in [4.78, 5) is 103. The monoisotopic (exact) mass is 2890 g/mol. The Bertz CT molecular complexity index is 5950. The minimum atomic E-state index is -1.03. The zero-order valence-electron chi connectivity index (χ0n) is 82.8. The molecule has 145 heavy (non-hydrogen) atoms. The Morgan fingerprint density at radius 1 is 0.490 bits per heavy atom. The standard InChI is InChI=1S/C16H18BrNO3.C13H14BrNO3.C12H10BrNO3.C11H8BrNO3.C11H10BrNO2.C10H9BrN2O.C7H4BrClO.C6H11NO2.C5H8O3.C4H10O.CH5N.CH4O.2ClH.3HI.H3NO.V/c1-10-13(9-14(19)20-16(2,3)4)15(21-18-10)11-5-7-12(17)8-6-11;1-8(15-2)11(13(17)18-3)12(16)9-4-6-10(14)7-5-9;1-7-10(12(15)16-2)11(17-14-7)8-3-5-9(13)6-4-8;1-6-9(11(14)15)10(16-13-6)7-2-4-8(12)5-3-7;1-7-10(6-14)11(15-13-7)8-2-4-9(12)5-3-8;1-6-9(12)10(14-13-6)7-2-4-8(11)5-3-7;8-6-3-1-5(2-4-6)7(9)10;1-5(7-2)4-6(8)9-3;1-4(6)3-5(7)8-2;1-4(2,3)5;2*1-2;;;;;;1-2;/h5-8H,9H2,1-4H3;4-7,11H,1-3H3;3-6H,1-2H3;2-5H,1H3,(H,14,15);2-5,14H,6H2,1H3;2-5H,12H2,1H3;1-4H;4,7H,1-3H3;3H2,1-2H3;5H,1-3H3;2H2,1H3;2H,1H3;5*1H;2H,1H2;/q;;;;;;;;;;;;;;;;;;+3/p-3. The van der Waals surface area contributed by atoms with Crippen LogP contribution < -0.4 is 22.7 Å². The molecule has 7 aromatic carbocycles. The zero-order valence-corrected chi connectivity index (χ0v) is 104. The van der Waals surface area contributed by atoms with Crippen LogP contribution in [0.4, 0.5) is 5.69 Å². The van der Waals surface area contributed by atoms with Crippen LogP contribution in [0.15, 0.2) is 241 Å². The number of aliphatic hydroxyl groups excluding tert-OH is 2. The van der Waals surface area contributed by atoms with Crippen LogP contribution in [0.5, 0.6) is 0 Å². The molecule has 1 unspecified atom stereocenters. The number of carbonyl (C=O) groups is 9. The van der Waals surface area contributed by atoms with Gasteiger partial charge in [-0.05, 0) is 249 Å². The molecule has 0 aliphatic carbocycles. The van der Waals surface area contributed by atoms with Gasteiger partial charge in [-0.25, -0.2) is 20.3 Å². The number of aliphatic hydroxyl groups is 3. The van der Waals surface area contributed by atoms with Crippen LogP contribution >= 0.6 is 208 Å². The minimum absolute atomic E-state index is 0. The third kappa shape index (κ3) is 57.7. The van der Waals surface area contributed by atoms with Crippen molar-refractivity contribution in [3.8, 4) is 56.6 Å². The molecule has 0 amide bonds. The van der Waals surface area contributed by atoms with Gasteiger partial charge >= 0.3 is 101 Å². The van der Waals surface area contributed by atoms with Crippen LogP contribution in [0.2, 0.25) is 0 Å². The van der Waals surface area contributed by atoms with Crippen LogP contribution in [0.25, 0.3) is 56.6 Å². The Kier molecular flexibility index (Phi) is 76.7. The molecule has 0 saturated carbocycles. The summed E-state index contributed by atoms with van der Waals surface area (Å²) >= 11 is 35.9. The molecule has 0 bridgehead atoms. The third-order valence-electron chi connectivity index (χ3n) is 16.9. The van der Waals surface area contributed by atoms with Crippen molar-refractivity contribution in [2.75, 3.05) is 62.4 Å². The Morgan fingerprint density at radius 3 is 1.08 bits per heavy atom. The molecule has 0 fully saturated rings. The molecule has 34 nitrogen and oxygen atoms in total. The fourth-order valence-corrected chi connectivity index (χ4v) is 12.1. The first-order valence-electron chi connectivity index (χ1n) is 41.2. The van der Waals surface area contributed by atoms with E-state index < -0.39 is 46.2 Å². The number of nitrogen functional groups attached to an aromatic ring is 1. The van der Waals surface area contributed by atoms with Gasteiger partial charge in [-0.1, -0.05) is 174 Å². The van der Waals surface area contributed by atoms with Gasteiger partial charge in [0.05, 0.1) is 69.8 Å². The molecule has 0 aliphatic heterocycles. The van der Waals surface area contributed by atoms with Gasteiger partial charge in [-0.2, -0.15) is 0 Å². The molecule has 794 valence electrons. The first-order chi connectivity index (χ1) is 67.2. The average molecular weight is 2900 g/mol. The van der Waals surface area contributed by atoms with E-state index in [0.717, 1.165) is 88.9 Å². The zero-order chi connectivity index (χ0) is 110. The number of carbonyl (C=O) groups excluding carboxylic acids is 8. The van der Waals surface area contributed by atoms with Gasteiger partial charge in [0, 0.05) is 120 Å². The first-order valence-corrected chi connectivity index (χ1v) is 60.7. The second-order valence-electron chi connectivity index (χ2n) is 29.7. The van der Waals surface area contributed by atoms with Crippen molar-refractivity contribution in [3.63, 3.8) is 0 Å². The Morgan fingerprint density at radius 2 is 0.793 bits per heavy atom. The number of aliphatic imine (C=N–C) groups is 1. The molecule has 0 radical (unpaired) electrons. The van der Waals surface area contributed by atoms with E-state index >= 15 is 0 Å². The van der Waals surface area contributed by atoms with Crippen molar-refractivity contribution in [3.05, 3.63) is 275 Å².